The smallest absolute Gasteiger partial charge is 0.269 e. The fourth-order valence-corrected chi connectivity index (χ4v) is 2.82. The highest BCUT2D eigenvalue weighted by Gasteiger charge is 2.13. The number of hydrogen-bond donors (Lipinski definition) is 2. The standard InChI is InChI=1S/C19H30N4O4.HI/c1-2-20-19(22-14-17-5-3-6-18(13-17)23(24)25)21-9-4-10-27-15-16-7-11-26-12-8-16;/h3,5-6,13,16H,2,4,7-12,14-15H2,1H3,(H2,20,21,22);1H. The Morgan fingerprint density at radius 2 is 2.14 bits per heavy atom. The van der Waals surface area contributed by atoms with Gasteiger partial charge in [-0.05, 0) is 37.7 Å². The minimum atomic E-state index is -0.392. The molecule has 0 aliphatic carbocycles. The quantitative estimate of drug-likeness (QED) is 0.126. The van der Waals surface area contributed by atoms with Crippen LogP contribution in [0.5, 0.6) is 0 Å². The molecule has 0 saturated carbocycles. The van der Waals surface area contributed by atoms with Crippen molar-refractivity contribution >= 4 is 35.6 Å². The van der Waals surface area contributed by atoms with Gasteiger partial charge in [-0.2, -0.15) is 0 Å². The molecule has 0 unspecified atom stereocenters. The van der Waals surface area contributed by atoms with E-state index < -0.39 is 4.92 Å². The maximum Gasteiger partial charge on any atom is 0.269 e. The molecule has 1 heterocycles. The van der Waals surface area contributed by atoms with E-state index in [1.165, 1.54) is 6.07 Å². The molecule has 0 atom stereocenters. The van der Waals surface area contributed by atoms with Crippen LogP contribution in [0.3, 0.4) is 0 Å². The molecule has 9 heteroatoms. The Hall–Kier alpha value is -1.46. The van der Waals surface area contributed by atoms with Gasteiger partial charge in [-0.1, -0.05) is 12.1 Å². The van der Waals surface area contributed by atoms with Crippen molar-refractivity contribution < 1.29 is 14.4 Å². The van der Waals surface area contributed by atoms with Crippen LogP contribution >= 0.6 is 24.0 Å². The van der Waals surface area contributed by atoms with Crippen molar-refractivity contribution in [1.82, 2.24) is 10.6 Å². The molecule has 0 aromatic heterocycles. The van der Waals surface area contributed by atoms with Crippen molar-refractivity contribution in [3.8, 4) is 0 Å². The number of nitro groups is 1. The first-order valence-electron chi connectivity index (χ1n) is 9.60. The zero-order chi connectivity index (χ0) is 19.3. The summed E-state index contributed by atoms with van der Waals surface area (Å²) in [4.78, 5) is 15.0. The van der Waals surface area contributed by atoms with Crippen molar-refractivity contribution in [1.29, 1.82) is 0 Å². The third-order valence-corrected chi connectivity index (χ3v) is 4.34. The van der Waals surface area contributed by atoms with Gasteiger partial charge in [0.25, 0.3) is 5.69 Å². The van der Waals surface area contributed by atoms with Crippen LogP contribution < -0.4 is 10.6 Å². The largest absolute Gasteiger partial charge is 0.381 e. The minimum Gasteiger partial charge on any atom is -0.381 e. The first-order valence-corrected chi connectivity index (χ1v) is 9.60. The lowest BCUT2D eigenvalue weighted by Crippen LogP contribution is -2.38. The van der Waals surface area contributed by atoms with Crippen LogP contribution in [0.2, 0.25) is 0 Å². The fourth-order valence-electron chi connectivity index (χ4n) is 2.82. The first-order chi connectivity index (χ1) is 13.2. The minimum absolute atomic E-state index is 0. The van der Waals surface area contributed by atoms with Gasteiger partial charge in [0, 0.05) is 51.6 Å². The predicted octanol–water partition coefficient (Wildman–Crippen LogP) is 3.10. The van der Waals surface area contributed by atoms with E-state index in [2.05, 4.69) is 15.6 Å². The van der Waals surface area contributed by atoms with Gasteiger partial charge in [-0.25, -0.2) is 4.99 Å². The lowest BCUT2D eigenvalue weighted by molar-refractivity contribution is -0.384. The lowest BCUT2D eigenvalue weighted by Gasteiger charge is -2.21. The van der Waals surface area contributed by atoms with Crippen LogP contribution in [-0.2, 0) is 16.0 Å². The van der Waals surface area contributed by atoms with E-state index in [1.54, 1.807) is 12.1 Å². The molecule has 28 heavy (non-hydrogen) atoms. The van der Waals surface area contributed by atoms with E-state index in [0.29, 0.717) is 25.0 Å². The zero-order valence-electron chi connectivity index (χ0n) is 16.4. The summed E-state index contributed by atoms with van der Waals surface area (Å²) < 4.78 is 11.1. The molecule has 0 bridgehead atoms. The molecule has 0 spiro atoms. The number of halogens is 1. The molecule has 1 aliphatic rings. The highest BCUT2D eigenvalue weighted by molar-refractivity contribution is 14.0. The van der Waals surface area contributed by atoms with Crippen LogP contribution in [0.1, 0.15) is 31.7 Å². The van der Waals surface area contributed by atoms with Crippen LogP contribution in [0.25, 0.3) is 0 Å². The van der Waals surface area contributed by atoms with Crippen molar-refractivity contribution in [3.63, 3.8) is 0 Å². The number of aliphatic imine (C=N–C) groups is 1. The molecule has 8 nitrogen and oxygen atoms in total. The first kappa shape index (κ1) is 24.6. The SMILES string of the molecule is CCNC(=NCc1cccc([N+](=O)[O-])c1)NCCCOCC1CCOCC1.I. The number of nitrogens with one attached hydrogen (secondary N) is 2. The summed E-state index contributed by atoms with van der Waals surface area (Å²) in [6, 6.07) is 6.55. The average molecular weight is 506 g/mol. The second-order valence-electron chi connectivity index (χ2n) is 6.53. The highest BCUT2D eigenvalue weighted by atomic mass is 127. The van der Waals surface area contributed by atoms with Crippen molar-refractivity contribution in [3.05, 3.63) is 39.9 Å². The Morgan fingerprint density at radius 3 is 2.86 bits per heavy atom. The highest BCUT2D eigenvalue weighted by Crippen LogP contribution is 2.15. The Balaban J connectivity index is 0.00000392. The van der Waals surface area contributed by atoms with Crippen LogP contribution in [0, 0.1) is 16.0 Å². The number of rotatable bonds is 10. The summed E-state index contributed by atoms with van der Waals surface area (Å²) >= 11 is 0. The summed E-state index contributed by atoms with van der Waals surface area (Å²) in [6.07, 6.45) is 3.07. The molecule has 0 radical (unpaired) electrons. The molecule has 0 amide bonds. The number of nitro benzene ring substituents is 1. The number of nitrogens with zero attached hydrogens (tertiary/aromatic N) is 2. The Morgan fingerprint density at radius 1 is 1.36 bits per heavy atom. The van der Waals surface area contributed by atoms with Gasteiger partial charge in [0.1, 0.15) is 0 Å². The molecule has 1 fully saturated rings. The van der Waals surface area contributed by atoms with E-state index >= 15 is 0 Å². The molecule has 2 N–H and O–H groups in total. The molecular weight excluding hydrogens is 475 g/mol. The molecule has 2 rings (SSSR count). The molecule has 1 saturated heterocycles. The van der Waals surface area contributed by atoms with Crippen LogP contribution in [0.15, 0.2) is 29.3 Å². The molecule has 158 valence electrons. The van der Waals surface area contributed by atoms with Crippen molar-refractivity contribution in [2.45, 2.75) is 32.7 Å². The molecule has 1 aromatic carbocycles. The number of ether oxygens (including phenoxy) is 2. The summed E-state index contributed by atoms with van der Waals surface area (Å²) in [7, 11) is 0. The number of guanidine groups is 1. The van der Waals surface area contributed by atoms with E-state index in [-0.39, 0.29) is 29.7 Å². The van der Waals surface area contributed by atoms with Gasteiger partial charge in [-0.3, -0.25) is 10.1 Å². The van der Waals surface area contributed by atoms with Crippen LogP contribution in [-0.4, -0.2) is 50.4 Å². The maximum atomic E-state index is 10.8. The third-order valence-electron chi connectivity index (χ3n) is 4.34. The van der Waals surface area contributed by atoms with Gasteiger partial charge >= 0.3 is 0 Å². The Labute approximate surface area is 183 Å². The van der Waals surface area contributed by atoms with E-state index in [4.69, 9.17) is 9.47 Å². The zero-order valence-corrected chi connectivity index (χ0v) is 18.7. The summed E-state index contributed by atoms with van der Waals surface area (Å²) in [6.45, 7) is 7.12. The van der Waals surface area contributed by atoms with Gasteiger partial charge < -0.3 is 20.1 Å². The molecular formula is C19H31IN4O4. The number of non-ortho nitro benzene ring substituents is 1. The van der Waals surface area contributed by atoms with Gasteiger partial charge in [0.2, 0.25) is 0 Å². The fraction of sp³-hybridized carbons (Fsp3) is 0.632. The van der Waals surface area contributed by atoms with Crippen molar-refractivity contribution in [2.24, 2.45) is 10.9 Å². The summed E-state index contributed by atoms with van der Waals surface area (Å²) in [5.41, 5.74) is 0.892. The Bertz CT molecular complexity index is 609. The van der Waals surface area contributed by atoms with Crippen molar-refractivity contribution in [2.75, 3.05) is 39.5 Å². The second kappa shape index (κ2) is 14.5. The monoisotopic (exact) mass is 506 g/mol. The maximum absolute atomic E-state index is 10.8. The second-order valence-corrected chi connectivity index (χ2v) is 6.53. The average Bonchev–Trinajstić information content (AvgIpc) is 2.69. The third kappa shape index (κ3) is 9.65. The lowest BCUT2D eigenvalue weighted by atomic mass is 10.0. The van der Waals surface area contributed by atoms with E-state index in [9.17, 15) is 10.1 Å². The summed E-state index contributed by atoms with van der Waals surface area (Å²) in [5, 5.41) is 17.3. The normalized spacial score (nSPS) is 15.0. The topological polar surface area (TPSA) is 98.0 Å². The number of benzene rings is 1. The van der Waals surface area contributed by atoms with Gasteiger partial charge in [0.05, 0.1) is 11.5 Å². The van der Waals surface area contributed by atoms with Crippen LogP contribution in [0.4, 0.5) is 5.69 Å². The predicted molar refractivity (Wildman–Crippen MR) is 120 cm³/mol. The number of hydrogen-bond acceptors (Lipinski definition) is 5. The van der Waals surface area contributed by atoms with E-state index in [1.807, 2.05) is 13.0 Å². The molecule has 1 aromatic rings. The Kier molecular flexibility index (Phi) is 12.8. The molecule has 1 aliphatic heterocycles. The van der Waals surface area contributed by atoms with Gasteiger partial charge in [-0.15, -0.1) is 24.0 Å². The summed E-state index contributed by atoms with van der Waals surface area (Å²) in [5.74, 6) is 1.33. The van der Waals surface area contributed by atoms with E-state index in [0.717, 1.165) is 57.7 Å². The van der Waals surface area contributed by atoms with Gasteiger partial charge in [0.15, 0.2) is 5.96 Å².